The molecule has 1 aromatic rings. The lowest BCUT2D eigenvalue weighted by molar-refractivity contribution is -0.192. The summed E-state index contributed by atoms with van der Waals surface area (Å²) >= 11 is 2.63. The van der Waals surface area contributed by atoms with Gasteiger partial charge in [-0.15, -0.1) is 16.9 Å². The first-order valence-electron chi connectivity index (χ1n) is 8.13. The van der Waals surface area contributed by atoms with E-state index in [4.69, 9.17) is 4.74 Å². The third kappa shape index (κ3) is 4.10. The molecule has 1 saturated heterocycles. The van der Waals surface area contributed by atoms with Crippen molar-refractivity contribution in [3.05, 3.63) is 11.3 Å². The lowest BCUT2D eigenvalue weighted by atomic mass is 9.98. The number of thioether (sulfide) groups is 2. The lowest BCUT2D eigenvalue weighted by Crippen LogP contribution is -2.80. The number of carbonyl (C=O) groups excluding carboxylic acids is 2. The van der Waals surface area contributed by atoms with Crippen LogP contribution < -0.4 is 5.32 Å². The van der Waals surface area contributed by atoms with Crippen LogP contribution in [0.5, 0.6) is 0 Å². The van der Waals surface area contributed by atoms with Crippen LogP contribution in [0.2, 0.25) is 0 Å². The smallest absolute Gasteiger partial charge is 0.352 e. The number of hydrogen-bond acceptors (Lipinski definition) is 11. The number of rotatable bonds is 9. The Labute approximate surface area is 182 Å². The van der Waals surface area contributed by atoms with Crippen molar-refractivity contribution in [2.45, 2.75) is 16.3 Å². The first-order valence-corrected chi connectivity index (χ1v) is 12.9. The van der Waals surface area contributed by atoms with Crippen molar-refractivity contribution in [2.75, 3.05) is 30.6 Å². The molecule has 0 radical (unpaired) electrons. The number of nitrogens with one attached hydrogen (secondary N) is 1. The second kappa shape index (κ2) is 9.16. The summed E-state index contributed by atoms with van der Waals surface area (Å²) in [6.07, 6.45) is 1.85. The standard InChI is InChI=1S/C14H18N6O5S4/c1-19-13(16-17-18-19)28-5-7-4-27-12-14(25-2,15-8(21)6-29-26-3)11(24)20(12)9(7)10(22)23/h12H,4-6H2,1-3H3,(H,15,21)(H,22,23)/t12-,14+/m1/s1. The molecule has 3 heterocycles. The molecule has 15 heteroatoms. The molecule has 11 nitrogen and oxygen atoms in total. The van der Waals surface area contributed by atoms with Crippen molar-refractivity contribution in [1.82, 2.24) is 30.4 Å². The lowest BCUT2D eigenvalue weighted by Gasteiger charge is -2.55. The molecule has 0 unspecified atom stereocenters. The van der Waals surface area contributed by atoms with E-state index >= 15 is 0 Å². The Balaban J connectivity index is 1.80. The Morgan fingerprint density at radius 3 is 2.83 bits per heavy atom. The van der Waals surface area contributed by atoms with Gasteiger partial charge in [-0.25, -0.2) is 9.48 Å². The quantitative estimate of drug-likeness (QED) is 0.214. The van der Waals surface area contributed by atoms with Crippen molar-refractivity contribution in [3.8, 4) is 0 Å². The molecule has 29 heavy (non-hydrogen) atoms. The number of carbonyl (C=O) groups is 3. The SMILES string of the molecule is CO[C@@]1(NC(=O)CSSC)C(=O)N2C(C(=O)O)=C(CSc3nnnn3C)CS[C@@H]21. The maximum atomic E-state index is 12.9. The molecule has 1 aromatic heterocycles. The number of methoxy groups -OCH3 is 1. The molecule has 0 saturated carbocycles. The van der Waals surface area contributed by atoms with Gasteiger partial charge in [-0.05, 0) is 22.3 Å². The Hall–Kier alpha value is -1.42. The Morgan fingerprint density at radius 1 is 1.48 bits per heavy atom. The zero-order chi connectivity index (χ0) is 21.2. The highest BCUT2D eigenvalue weighted by Gasteiger charge is 2.66. The highest BCUT2D eigenvalue weighted by Crippen LogP contribution is 2.47. The van der Waals surface area contributed by atoms with Gasteiger partial charge in [0.2, 0.25) is 11.1 Å². The number of tetrazole rings is 1. The first-order chi connectivity index (χ1) is 13.9. The summed E-state index contributed by atoms with van der Waals surface area (Å²) in [6.45, 7) is 0. The molecule has 0 spiro atoms. The summed E-state index contributed by atoms with van der Waals surface area (Å²) in [5.41, 5.74) is -1.07. The van der Waals surface area contributed by atoms with Crippen LogP contribution in [-0.2, 0) is 26.2 Å². The van der Waals surface area contributed by atoms with Crippen LogP contribution in [0.4, 0.5) is 0 Å². The van der Waals surface area contributed by atoms with Crippen molar-refractivity contribution in [2.24, 2.45) is 7.05 Å². The molecule has 2 N–H and O–H groups in total. The fourth-order valence-electron chi connectivity index (χ4n) is 2.91. The minimum atomic E-state index is -1.56. The van der Waals surface area contributed by atoms with Gasteiger partial charge < -0.3 is 15.2 Å². The average Bonchev–Trinajstić information content (AvgIpc) is 3.12. The van der Waals surface area contributed by atoms with Gasteiger partial charge in [-0.3, -0.25) is 14.5 Å². The van der Waals surface area contributed by atoms with Gasteiger partial charge in [0, 0.05) is 25.7 Å². The number of aliphatic carboxylic acids is 1. The molecule has 158 valence electrons. The van der Waals surface area contributed by atoms with Gasteiger partial charge in [0.05, 0.1) is 5.75 Å². The van der Waals surface area contributed by atoms with Crippen molar-refractivity contribution in [1.29, 1.82) is 0 Å². The maximum Gasteiger partial charge on any atom is 0.352 e. The second-order valence-electron chi connectivity index (χ2n) is 5.89. The van der Waals surface area contributed by atoms with Gasteiger partial charge in [-0.1, -0.05) is 33.3 Å². The number of ether oxygens (including phenoxy) is 1. The fraction of sp³-hybridized carbons (Fsp3) is 0.571. The predicted molar refractivity (Wildman–Crippen MR) is 111 cm³/mol. The summed E-state index contributed by atoms with van der Waals surface area (Å²) < 4.78 is 6.88. The van der Waals surface area contributed by atoms with Crippen LogP contribution in [-0.4, -0.2) is 89.7 Å². The molecule has 0 aromatic carbocycles. The van der Waals surface area contributed by atoms with E-state index in [0.29, 0.717) is 22.2 Å². The van der Waals surface area contributed by atoms with E-state index in [1.807, 2.05) is 6.26 Å². The van der Waals surface area contributed by atoms with Gasteiger partial charge in [0.15, 0.2) is 0 Å². The molecule has 2 amide bonds. The largest absolute Gasteiger partial charge is 0.477 e. The number of β-lactam (4-membered cyclic amide) rings is 1. The minimum Gasteiger partial charge on any atom is -0.477 e. The summed E-state index contributed by atoms with van der Waals surface area (Å²) in [7, 11) is 5.78. The zero-order valence-corrected chi connectivity index (χ0v) is 18.9. The summed E-state index contributed by atoms with van der Waals surface area (Å²) in [4.78, 5) is 38.2. The van der Waals surface area contributed by atoms with E-state index in [0.717, 1.165) is 0 Å². The monoisotopic (exact) mass is 478 g/mol. The normalized spacial score (nSPS) is 23.6. The van der Waals surface area contributed by atoms with E-state index in [2.05, 4.69) is 20.8 Å². The van der Waals surface area contributed by atoms with Gasteiger partial charge >= 0.3 is 5.97 Å². The molecule has 2 aliphatic rings. The van der Waals surface area contributed by atoms with Crippen molar-refractivity contribution >= 4 is 62.9 Å². The third-order valence-corrected chi connectivity index (χ3v) is 8.37. The number of hydrogen-bond donors (Lipinski definition) is 2. The Kier molecular flexibility index (Phi) is 7.03. The van der Waals surface area contributed by atoms with E-state index < -0.39 is 23.0 Å². The molecule has 2 aliphatic heterocycles. The Bertz CT molecular complexity index is 863. The van der Waals surface area contributed by atoms with Crippen LogP contribution >= 0.6 is 45.1 Å². The van der Waals surface area contributed by atoms with E-state index in [-0.39, 0.29) is 17.4 Å². The van der Waals surface area contributed by atoms with Crippen LogP contribution in [0.15, 0.2) is 16.4 Å². The maximum absolute atomic E-state index is 12.9. The summed E-state index contributed by atoms with van der Waals surface area (Å²) in [5.74, 6) is -1.31. The number of nitrogens with zero attached hydrogens (tertiary/aromatic N) is 5. The van der Waals surface area contributed by atoms with Crippen molar-refractivity contribution in [3.63, 3.8) is 0 Å². The van der Waals surface area contributed by atoms with Gasteiger partial charge in [0.1, 0.15) is 11.1 Å². The summed E-state index contributed by atoms with van der Waals surface area (Å²) in [6, 6.07) is 0. The van der Waals surface area contributed by atoms with Gasteiger partial charge in [0.25, 0.3) is 11.6 Å². The number of aryl methyl sites for hydroxylation is 1. The van der Waals surface area contributed by atoms with Crippen LogP contribution in [0.3, 0.4) is 0 Å². The zero-order valence-electron chi connectivity index (χ0n) is 15.6. The molecule has 0 aliphatic carbocycles. The summed E-state index contributed by atoms with van der Waals surface area (Å²) in [5, 5.41) is 23.4. The molecule has 2 atom stereocenters. The topological polar surface area (TPSA) is 140 Å². The van der Waals surface area contributed by atoms with Crippen LogP contribution in [0, 0.1) is 0 Å². The molecule has 1 fully saturated rings. The first kappa shape index (κ1) is 22.3. The van der Waals surface area contributed by atoms with Crippen LogP contribution in [0.1, 0.15) is 0 Å². The molecular formula is C14H18N6O5S4. The fourth-order valence-corrected chi connectivity index (χ4v) is 6.30. The third-order valence-electron chi connectivity index (χ3n) is 4.22. The molecule has 0 bridgehead atoms. The van der Waals surface area contributed by atoms with Crippen LogP contribution in [0.25, 0.3) is 0 Å². The number of carboxylic acid groups (broad SMARTS) is 1. The van der Waals surface area contributed by atoms with E-state index in [9.17, 15) is 19.5 Å². The number of aromatic nitrogens is 4. The minimum absolute atomic E-state index is 0.0817. The number of carboxylic acids is 1. The van der Waals surface area contributed by atoms with E-state index in [1.54, 1.807) is 7.05 Å². The second-order valence-corrected chi connectivity index (χ2v) is 10.5. The van der Waals surface area contributed by atoms with Crippen molar-refractivity contribution < 1.29 is 24.2 Å². The van der Waals surface area contributed by atoms with Gasteiger partial charge in [-0.2, -0.15) is 0 Å². The van der Waals surface area contributed by atoms with E-state index in [1.165, 1.54) is 61.8 Å². The molecule has 3 rings (SSSR count). The average molecular weight is 479 g/mol. The predicted octanol–water partition coefficient (Wildman–Crippen LogP) is 0.0261. The number of fused-ring (bicyclic) bond motifs is 1. The Morgan fingerprint density at radius 2 is 2.24 bits per heavy atom. The highest BCUT2D eigenvalue weighted by molar-refractivity contribution is 8.76. The highest BCUT2D eigenvalue weighted by atomic mass is 33.1. The number of amides is 2. The molecular weight excluding hydrogens is 460 g/mol.